The van der Waals surface area contributed by atoms with E-state index in [4.69, 9.17) is 9.47 Å². The molecule has 0 amide bonds. The lowest BCUT2D eigenvalue weighted by atomic mass is 9.70. The molecule has 4 nitrogen and oxygen atoms in total. The van der Waals surface area contributed by atoms with Crippen molar-refractivity contribution >= 4 is 6.08 Å². The molecule has 2 rings (SSSR count). The lowest BCUT2D eigenvalue weighted by molar-refractivity contribution is 0.241. The van der Waals surface area contributed by atoms with Gasteiger partial charge in [-0.1, -0.05) is 0 Å². The Balaban J connectivity index is 2.80. The van der Waals surface area contributed by atoms with Crippen molar-refractivity contribution in [3.8, 4) is 11.5 Å². The lowest BCUT2D eigenvalue weighted by Gasteiger charge is -2.39. The molecular formula is C15H18FNO3. The van der Waals surface area contributed by atoms with Gasteiger partial charge in [0.2, 0.25) is 6.08 Å². The summed E-state index contributed by atoms with van der Waals surface area (Å²) in [6.07, 6.45) is 4.07. The number of halogens is 1. The molecule has 0 N–H and O–H groups in total. The van der Waals surface area contributed by atoms with Crippen LogP contribution in [0.2, 0.25) is 0 Å². The van der Waals surface area contributed by atoms with E-state index in [0.29, 0.717) is 16.9 Å². The quantitative estimate of drug-likeness (QED) is 0.628. The second-order valence-corrected chi connectivity index (χ2v) is 5.09. The summed E-state index contributed by atoms with van der Waals surface area (Å²) in [4.78, 5) is 14.7. The van der Waals surface area contributed by atoms with Crippen molar-refractivity contribution in [1.29, 1.82) is 0 Å². The maximum atomic E-state index is 14.3. The van der Waals surface area contributed by atoms with Gasteiger partial charge in [-0.05, 0) is 33.1 Å². The summed E-state index contributed by atoms with van der Waals surface area (Å²) in [5, 5.41) is 0. The number of hydrogen-bond donors (Lipinski definition) is 0. The number of isocyanates is 1. The molecule has 0 aliphatic heterocycles. The Bertz CT molecular complexity index is 588. The van der Waals surface area contributed by atoms with Gasteiger partial charge in [0.1, 0.15) is 11.3 Å². The van der Waals surface area contributed by atoms with E-state index in [-0.39, 0.29) is 5.75 Å². The Kier molecular flexibility index (Phi) is 3.82. The molecule has 0 radical (unpaired) electrons. The lowest BCUT2D eigenvalue weighted by Crippen LogP contribution is -2.33. The van der Waals surface area contributed by atoms with Crippen LogP contribution in [0.4, 0.5) is 4.39 Å². The van der Waals surface area contributed by atoms with Gasteiger partial charge in [0.25, 0.3) is 0 Å². The Labute approximate surface area is 117 Å². The van der Waals surface area contributed by atoms with E-state index in [1.807, 2.05) is 0 Å². The van der Waals surface area contributed by atoms with Gasteiger partial charge in [-0.15, -0.1) is 0 Å². The first-order valence-corrected chi connectivity index (χ1v) is 6.52. The summed E-state index contributed by atoms with van der Waals surface area (Å²) in [6, 6.07) is 0. The standard InChI is InChI=1S/C15H18FNO3/c1-9-11(15(17-8-18)6-5-7-15)13(19-3)10(2)12(16)14(9)20-4/h5-7H2,1-4H3. The second kappa shape index (κ2) is 5.25. The molecule has 1 aliphatic carbocycles. The number of benzene rings is 1. The predicted molar refractivity (Wildman–Crippen MR) is 72.6 cm³/mol. The molecule has 1 aromatic carbocycles. The minimum atomic E-state index is -0.650. The molecule has 0 saturated heterocycles. The van der Waals surface area contributed by atoms with Gasteiger partial charge < -0.3 is 9.47 Å². The molecular weight excluding hydrogens is 261 g/mol. The average Bonchev–Trinajstić information content (AvgIpc) is 2.39. The van der Waals surface area contributed by atoms with Crippen LogP contribution in [-0.2, 0) is 10.3 Å². The van der Waals surface area contributed by atoms with Crippen molar-refractivity contribution in [3.05, 3.63) is 22.5 Å². The van der Waals surface area contributed by atoms with E-state index in [1.54, 1.807) is 19.9 Å². The number of rotatable bonds is 4. The summed E-state index contributed by atoms with van der Waals surface area (Å²) in [5.74, 6) is 0.195. The molecule has 20 heavy (non-hydrogen) atoms. The van der Waals surface area contributed by atoms with Crippen LogP contribution < -0.4 is 9.47 Å². The van der Waals surface area contributed by atoms with E-state index in [2.05, 4.69) is 4.99 Å². The van der Waals surface area contributed by atoms with Crippen LogP contribution in [-0.4, -0.2) is 20.3 Å². The fraction of sp³-hybridized carbons (Fsp3) is 0.533. The molecule has 0 atom stereocenters. The summed E-state index contributed by atoms with van der Waals surface area (Å²) >= 11 is 0. The highest BCUT2D eigenvalue weighted by Gasteiger charge is 2.44. The molecule has 1 aromatic rings. The van der Waals surface area contributed by atoms with Gasteiger partial charge in [0.15, 0.2) is 11.6 Å². The molecule has 0 heterocycles. The Morgan fingerprint density at radius 3 is 2.15 bits per heavy atom. The van der Waals surface area contributed by atoms with Crippen molar-refractivity contribution in [1.82, 2.24) is 0 Å². The van der Waals surface area contributed by atoms with E-state index in [0.717, 1.165) is 24.8 Å². The van der Waals surface area contributed by atoms with E-state index < -0.39 is 11.4 Å². The van der Waals surface area contributed by atoms with Crippen molar-refractivity contribution in [2.24, 2.45) is 4.99 Å². The van der Waals surface area contributed by atoms with E-state index in [1.165, 1.54) is 14.2 Å². The molecule has 1 fully saturated rings. The van der Waals surface area contributed by atoms with Gasteiger partial charge in [0.05, 0.1) is 14.2 Å². The van der Waals surface area contributed by atoms with E-state index >= 15 is 0 Å². The minimum Gasteiger partial charge on any atom is -0.496 e. The summed E-state index contributed by atoms with van der Waals surface area (Å²) in [6.45, 7) is 3.40. The van der Waals surface area contributed by atoms with Crippen molar-refractivity contribution < 1.29 is 18.7 Å². The first kappa shape index (κ1) is 14.5. The van der Waals surface area contributed by atoms with Crippen LogP contribution in [0, 0.1) is 19.7 Å². The summed E-state index contributed by atoms with van der Waals surface area (Å²) in [5.41, 5.74) is 1.09. The van der Waals surface area contributed by atoms with Crippen molar-refractivity contribution in [2.75, 3.05) is 14.2 Å². The van der Waals surface area contributed by atoms with Crippen LogP contribution in [0.1, 0.15) is 36.0 Å². The third kappa shape index (κ3) is 1.90. The van der Waals surface area contributed by atoms with Gasteiger partial charge in [-0.3, -0.25) is 0 Å². The molecule has 1 saturated carbocycles. The third-order valence-electron chi connectivity index (χ3n) is 4.13. The highest BCUT2D eigenvalue weighted by Crippen LogP contribution is 2.52. The van der Waals surface area contributed by atoms with Gasteiger partial charge >= 0.3 is 0 Å². The van der Waals surface area contributed by atoms with Crippen LogP contribution in [0.25, 0.3) is 0 Å². The third-order valence-corrected chi connectivity index (χ3v) is 4.13. The number of methoxy groups -OCH3 is 2. The summed E-state index contributed by atoms with van der Waals surface area (Å²) in [7, 11) is 2.92. The molecule has 0 bridgehead atoms. The number of aliphatic imine (C=N–C) groups is 1. The predicted octanol–water partition coefficient (Wildman–Crippen LogP) is 3.17. The number of ether oxygens (including phenoxy) is 2. The molecule has 0 aromatic heterocycles. The average molecular weight is 279 g/mol. The number of hydrogen-bond acceptors (Lipinski definition) is 4. The normalized spacial score (nSPS) is 16.1. The van der Waals surface area contributed by atoms with Crippen LogP contribution in [0.5, 0.6) is 11.5 Å². The topological polar surface area (TPSA) is 47.9 Å². The Morgan fingerprint density at radius 1 is 1.15 bits per heavy atom. The molecule has 5 heteroatoms. The maximum absolute atomic E-state index is 14.3. The molecule has 108 valence electrons. The Morgan fingerprint density at radius 2 is 1.75 bits per heavy atom. The van der Waals surface area contributed by atoms with Crippen molar-refractivity contribution in [3.63, 3.8) is 0 Å². The second-order valence-electron chi connectivity index (χ2n) is 5.09. The van der Waals surface area contributed by atoms with E-state index in [9.17, 15) is 9.18 Å². The zero-order valence-electron chi connectivity index (χ0n) is 12.2. The number of carbonyl (C=O) groups excluding carboxylic acids is 1. The SMILES string of the molecule is COc1c(C)c(C2(N=C=O)CCC2)c(OC)c(C)c1F. The number of nitrogens with zero attached hydrogens (tertiary/aromatic N) is 1. The first-order chi connectivity index (χ1) is 9.52. The van der Waals surface area contributed by atoms with Crippen LogP contribution in [0.15, 0.2) is 4.99 Å². The van der Waals surface area contributed by atoms with Crippen LogP contribution >= 0.6 is 0 Å². The maximum Gasteiger partial charge on any atom is 0.235 e. The fourth-order valence-corrected chi connectivity index (χ4v) is 2.98. The highest BCUT2D eigenvalue weighted by molar-refractivity contribution is 5.58. The first-order valence-electron chi connectivity index (χ1n) is 6.52. The monoisotopic (exact) mass is 279 g/mol. The summed E-state index contributed by atoms with van der Waals surface area (Å²) < 4.78 is 24.8. The zero-order chi connectivity index (χ0) is 14.9. The van der Waals surface area contributed by atoms with Gasteiger partial charge in [-0.25, -0.2) is 9.18 Å². The highest BCUT2D eigenvalue weighted by atomic mass is 19.1. The smallest absolute Gasteiger partial charge is 0.235 e. The Hall–Kier alpha value is -1.87. The van der Waals surface area contributed by atoms with Crippen LogP contribution in [0.3, 0.4) is 0 Å². The fourth-order valence-electron chi connectivity index (χ4n) is 2.98. The molecule has 0 unspecified atom stereocenters. The molecule has 0 spiro atoms. The zero-order valence-corrected chi connectivity index (χ0v) is 12.2. The molecule has 1 aliphatic rings. The van der Waals surface area contributed by atoms with Gasteiger partial charge in [-0.2, -0.15) is 4.99 Å². The largest absolute Gasteiger partial charge is 0.496 e. The minimum absolute atomic E-state index is 0.186. The van der Waals surface area contributed by atoms with Gasteiger partial charge in [0, 0.05) is 16.7 Å². The van der Waals surface area contributed by atoms with Crippen molar-refractivity contribution in [2.45, 2.75) is 38.6 Å².